The Morgan fingerprint density at radius 2 is 1.76 bits per heavy atom. The standard InChI is InChI=1S/C13H12Cl2N2/c1-2-3-11-12(16-8-17-13(11)15)9-4-6-10(14)7-5-9/h4-8H,2-3H2,1H3. The fourth-order valence-electron chi connectivity index (χ4n) is 1.72. The van der Waals surface area contributed by atoms with Gasteiger partial charge in [-0.05, 0) is 18.6 Å². The first kappa shape index (κ1) is 12.3. The Hall–Kier alpha value is -1.12. The van der Waals surface area contributed by atoms with Crippen molar-refractivity contribution in [1.29, 1.82) is 0 Å². The summed E-state index contributed by atoms with van der Waals surface area (Å²) in [7, 11) is 0. The smallest absolute Gasteiger partial charge is 0.136 e. The van der Waals surface area contributed by atoms with E-state index in [-0.39, 0.29) is 0 Å². The van der Waals surface area contributed by atoms with Gasteiger partial charge in [-0.25, -0.2) is 9.97 Å². The van der Waals surface area contributed by atoms with Crippen LogP contribution in [0.15, 0.2) is 30.6 Å². The molecule has 0 radical (unpaired) electrons. The van der Waals surface area contributed by atoms with E-state index in [0.29, 0.717) is 10.2 Å². The first-order chi connectivity index (χ1) is 8.22. The van der Waals surface area contributed by atoms with Gasteiger partial charge in [-0.15, -0.1) is 0 Å². The van der Waals surface area contributed by atoms with E-state index in [4.69, 9.17) is 23.2 Å². The van der Waals surface area contributed by atoms with E-state index in [1.807, 2.05) is 24.3 Å². The number of benzene rings is 1. The van der Waals surface area contributed by atoms with Crippen LogP contribution in [0, 0.1) is 0 Å². The molecular weight excluding hydrogens is 255 g/mol. The highest BCUT2D eigenvalue weighted by atomic mass is 35.5. The molecule has 17 heavy (non-hydrogen) atoms. The summed E-state index contributed by atoms with van der Waals surface area (Å²) in [5, 5.41) is 1.25. The van der Waals surface area contributed by atoms with Gasteiger partial charge in [0.1, 0.15) is 11.5 Å². The summed E-state index contributed by atoms with van der Waals surface area (Å²) in [6, 6.07) is 7.59. The Morgan fingerprint density at radius 3 is 2.41 bits per heavy atom. The van der Waals surface area contributed by atoms with Crippen LogP contribution in [0.3, 0.4) is 0 Å². The highest BCUT2D eigenvalue weighted by Crippen LogP contribution is 2.27. The van der Waals surface area contributed by atoms with Crippen molar-refractivity contribution in [2.75, 3.05) is 0 Å². The molecule has 0 atom stereocenters. The van der Waals surface area contributed by atoms with Gasteiger partial charge in [0.05, 0.1) is 5.69 Å². The molecule has 2 aromatic rings. The molecule has 0 aliphatic rings. The molecule has 0 bridgehead atoms. The first-order valence-corrected chi connectivity index (χ1v) is 6.23. The second-order valence-corrected chi connectivity index (χ2v) is 4.54. The van der Waals surface area contributed by atoms with Gasteiger partial charge >= 0.3 is 0 Å². The predicted octanol–water partition coefficient (Wildman–Crippen LogP) is 4.40. The average molecular weight is 267 g/mol. The van der Waals surface area contributed by atoms with Crippen LogP contribution in [0.1, 0.15) is 18.9 Å². The lowest BCUT2D eigenvalue weighted by Crippen LogP contribution is -1.96. The monoisotopic (exact) mass is 266 g/mol. The van der Waals surface area contributed by atoms with Crippen LogP contribution in [-0.2, 0) is 6.42 Å². The van der Waals surface area contributed by atoms with Crippen molar-refractivity contribution in [2.45, 2.75) is 19.8 Å². The van der Waals surface area contributed by atoms with Gasteiger partial charge in [-0.3, -0.25) is 0 Å². The fourth-order valence-corrected chi connectivity index (χ4v) is 2.07. The van der Waals surface area contributed by atoms with E-state index >= 15 is 0 Å². The van der Waals surface area contributed by atoms with Crippen LogP contribution in [-0.4, -0.2) is 9.97 Å². The molecule has 0 fully saturated rings. The van der Waals surface area contributed by atoms with E-state index in [1.54, 1.807) is 0 Å². The Labute approximate surface area is 111 Å². The summed E-state index contributed by atoms with van der Waals surface area (Å²) in [5.74, 6) is 0. The SMILES string of the molecule is CCCc1c(Cl)ncnc1-c1ccc(Cl)cc1. The zero-order valence-electron chi connectivity index (χ0n) is 9.45. The van der Waals surface area contributed by atoms with Gasteiger partial charge < -0.3 is 0 Å². The third-order valence-electron chi connectivity index (χ3n) is 2.51. The lowest BCUT2D eigenvalue weighted by molar-refractivity contribution is 0.904. The van der Waals surface area contributed by atoms with E-state index in [9.17, 15) is 0 Å². The Balaban J connectivity index is 2.50. The summed E-state index contributed by atoms with van der Waals surface area (Å²) in [6.07, 6.45) is 3.37. The minimum atomic E-state index is 0.534. The van der Waals surface area contributed by atoms with Crippen molar-refractivity contribution in [3.8, 4) is 11.3 Å². The summed E-state index contributed by atoms with van der Waals surface area (Å²) >= 11 is 12.0. The molecular formula is C13H12Cl2N2. The van der Waals surface area contributed by atoms with E-state index < -0.39 is 0 Å². The van der Waals surface area contributed by atoms with Gasteiger partial charge in [0, 0.05) is 16.1 Å². The van der Waals surface area contributed by atoms with Gasteiger partial charge in [0.2, 0.25) is 0 Å². The van der Waals surface area contributed by atoms with Gasteiger partial charge in [-0.1, -0.05) is 48.7 Å². The Morgan fingerprint density at radius 1 is 1.06 bits per heavy atom. The lowest BCUT2D eigenvalue weighted by atomic mass is 10.0. The molecule has 0 spiro atoms. The highest BCUT2D eigenvalue weighted by Gasteiger charge is 2.10. The Bertz CT molecular complexity index is 509. The molecule has 1 aromatic carbocycles. The van der Waals surface area contributed by atoms with E-state index in [2.05, 4.69) is 16.9 Å². The molecule has 0 saturated carbocycles. The average Bonchev–Trinajstić information content (AvgIpc) is 2.33. The van der Waals surface area contributed by atoms with Crippen LogP contribution in [0.25, 0.3) is 11.3 Å². The van der Waals surface area contributed by atoms with E-state index in [0.717, 1.165) is 29.7 Å². The number of nitrogens with zero attached hydrogens (tertiary/aromatic N) is 2. The van der Waals surface area contributed by atoms with Gasteiger partial charge in [0.25, 0.3) is 0 Å². The third kappa shape index (κ3) is 2.76. The minimum absolute atomic E-state index is 0.534. The van der Waals surface area contributed by atoms with Crippen molar-refractivity contribution < 1.29 is 0 Å². The minimum Gasteiger partial charge on any atom is -0.236 e. The molecule has 2 nitrogen and oxygen atoms in total. The highest BCUT2D eigenvalue weighted by molar-refractivity contribution is 6.31. The van der Waals surface area contributed by atoms with Gasteiger partial charge in [-0.2, -0.15) is 0 Å². The Kier molecular flexibility index (Phi) is 3.97. The number of hydrogen-bond donors (Lipinski definition) is 0. The largest absolute Gasteiger partial charge is 0.236 e. The summed E-state index contributed by atoms with van der Waals surface area (Å²) in [4.78, 5) is 8.35. The first-order valence-electron chi connectivity index (χ1n) is 5.47. The zero-order chi connectivity index (χ0) is 12.3. The maximum Gasteiger partial charge on any atom is 0.136 e. The predicted molar refractivity (Wildman–Crippen MR) is 71.5 cm³/mol. The molecule has 4 heteroatoms. The van der Waals surface area contributed by atoms with Crippen molar-refractivity contribution in [3.05, 3.63) is 46.3 Å². The number of hydrogen-bond acceptors (Lipinski definition) is 2. The molecule has 2 rings (SSSR count). The molecule has 88 valence electrons. The van der Waals surface area contributed by atoms with Crippen molar-refractivity contribution in [2.24, 2.45) is 0 Å². The molecule has 0 aliphatic heterocycles. The molecule has 1 aromatic heterocycles. The maximum atomic E-state index is 6.11. The van der Waals surface area contributed by atoms with Crippen LogP contribution in [0.4, 0.5) is 0 Å². The normalized spacial score (nSPS) is 10.5. The topological polar surface area (TPSA) is 25.8 Å². The summed E-state index contributed by atoms with van der Waals surface area (Å²) in [5.41, 5.74) is 2.91. The summed E-state index contributed by atoms with van der Waals surface area (Å²) < 4.78 is 0. The number of halogens is 2. The lowest BCUT2D eigenvalue weighted by Gasteiger charge is -2.08. The second-order valence-electron chi connectivity index (χ2n) is 3.75. The zero-order valence-corrected chi connectivity index (χ0v) is 11.0. The number of rotatable bonds is 3. The van der Waals surface area contributed by atoms with Crippen LogP contribution < -0.4 is 0 Å². The van der Waals surface area contributed by atoms with Crippen LogP contribution in [0.2, 0.25) is 10.2 Å². The number of aromatic nitrogens is 2. The van der Waals surface area contributed by atoms with Crippen LogP contribution in [0.5, 0.6) is 0 Å². The third-order valence-corrected chi connectivity index (χ3v) is 3.09. The molecule has 1 heterocycles. The fraction of sp³-hybridized carbons (Fsp3) is 0.231. The maximum absolute atomic E-state index is 6.11. The second kappa shape index (κ2) is 5.48. The van der Waals surface area contributed by atoms with Crippen molar-refractivity contribution in [1.82, 2.24) is 9.97 Å². The molecule has 0 amide bonds. The molecule has 0 saturated heterocycles. The molecule has 0 N–H and O–H groups in total. The summed E-state index contributed by atoms with van der Waals surface area (Å²) in [6.45, 7) is 2.11. The van der Waals surface area contributed by atoms with Crippen molar-refractivity contribution in [3.63, 3.8) is 0 Å². The van der Waals surface area contributed by atoms with E-state index in [1.165, 1.54) is 6.33 Å². The van der Waals surface area contributed by atoms with Gasteiger partial charge in [0.15, 0.2) is 0 Å². The molecule has 0 unspecified atom stereocenters. The quantitative estimate of drug-likeness (QED) is 0.770. The molecule has 0 aliphatic carbocycles. The van der Waals surface area contributed by atoms with Crippen LogP contribution >= 0.6 is 23.2 Å². The van der Waals surface area contributed by atoms with Crippen molar-refractivity contribution >= 4 is 23.2 Å².